The zero-order chi connectivity index (χ0) is 32.1. The van der Waals surface area contributed by atoms with E-state index in [1.54, 1.807) is 6.20 Å². The molecule has 2 aliphatic carbocycles. The first-order valence-electron chi connectivity index (χ1n) is 16.1. The number of rotatable bonds is 5. The van der Waals surface area contributed by atoms with Crippen LogP contribution in [0.2, 0.25) is 0 Å². The van der Waals surface area contributed by atoms with Crippen LogP contribution in [-0.4, -0.2) is 76.5 Å². The van der Waals surface area contributed by atoms with E-state index in [0.29, 0.717) is 30.8 Å². The highest BCUT2D eigenvalue weighted by Crippen LogP contribution is 2.46. The van der Waals surface area contributed by atoms with E-state index in [0.717, 1.165) is 41.8 Å². The predicted molar refractivity (Wildman–Crippen MR) is 178 cm³/mol. The molecule has 47 heavy (non-hydrogen) atoms. The van der Waals surface area contributed by atoms with Crippen molar-refractivity contribution < 1.29 is 27.5 Å². The van der Waals surface area contributed by atoms with Crippen molar-refractivity contribution in [2.45, 2.75) is 86.8 Å². The molecule has 0 spiro atoms. The molecule has 0 radical (unpaired) electrons. The van der Waals surface area contributed by atoms with E-state index in [9.17, 15) is 22.8 Å². The Morgan fingerprint density at radius 2 is 1.81 bits per heavy atom. The van der Waals surface area contributed by atoms with Crippen LogP contribution in [0, 0.1) is 5.92 Å². The smallest absolute Gasteiger partial charge is 0.259 e. The Kier molecular flexibility index (Phi) is 9.16. The molecule has 14 heteroatoms. The Labute approximate surface area is 279 Å². The van der Waals surface area contributed by atoms with Gasteiger partial charge in [-0.25, -0.2) is 13.4 Å². The molecule has 3 amide bonds. The fourth-order valence-corrected chi connectivity index (χ4v) is 8.11. The molecule has 2 saturated carbocycles. The van der Waals surface area contributed by atoms with E-state index in [1.807, 2.05) is 48.6 Å². The Morgan fingerprint density at radius 1 is 1.04 bits per heavy atom. The lowest BCUT2D eigenvalue weighted by Gasteiger charge is -2.28. The fourth-order valence-electron chi connectivity index (χ4n) is 6.75. The number of ether oxygens (including phenoxy) is 1. The number of carbonyl (C=O) groups is 3. The molecule has 7 rings (SSSR count). The minimum atomic E-state index is -3.83. The number of aromatic nitrogens is 2. The molecule has 5 atom stereocenters. The molecular formula is C33H39ClN6O6S. The van der Waals surface area contributed by atoms with Gasteiger partial charge in [0.2, 0.25) is 27.7 Å². The van der Waals surface area contributed by atoms with Gasteiger partial charge in [-0.05, 0) is 62.1 Å². The average Bonchev–Trinajstić information content (AvgIpc) is 3.97. The molecule has 3 aromatic rings. The summed E-state index contributed by atoms with van der Waals surface area (Å²) in [5.41, 5.74) is 5.47. The van der Waals surface area contributed by atoms with Crippen LogP contribution in [0.25, 0.3) is 21.8 Å². The van der Waals surface area contributed by atoms with E-state index in [1.165, 1.54) is 4.90 Å². The Morgan fingerprint density at radius 3 is 2.60 bits per heavy atom. The van der Waals surface area contributed by atoms with Crippen molar-refractivity contribution in [2.75, 3.05) is 6.54 Å². The normalized spacial score (nSPS) is 29.0. The number of hydrogen-bond donors (Lipinski definition) is 3. The number of fused-ring (bicyclic) bond motifs is 5. The van der Waals surface area contributed by atoms with Gasteiger partial charge in [0.1, 0.15) is 17.7 Å². The molecule has 1 saturated heterocycles. The molecule has 1 aromatic carbocycles. The summed E-state index contributed by atoms with van der Waals surface area (Å²) in [7, 11) is -3.83. The lowest BCUT2D eigenvalue weighted by Crippen LogP contribution is -2.57. The number of amides is 3. The van der Waals surface area contributed by atoms with Crippen LogP contribution in [0.4, 0.5) is 0 Å². The summed E-state index contributed by atoms with van der Waals surface area (Å²) in [4.78, 5) is 51.9. The highest BCUT2D eigenvalue weighted by Gasteiger charge is 2.62. The summed E-state index contributed by atoms with van der Waals surface area (Å²) in [5.74, 6) is -1.67. The van der Waals surface area contributed by atoms with Gasteiger partial charge in [0.15, 0.2) is 5.65 Å². The lowest BCUT2D eigenvalue weighted by atomic mass is 10.1. The van der Waals surface area contributed by atoms with Crippen molar-refractivity contribution in [3.05, 3.63) is 54.7 Å². The summed E-state index contributed by atoms with van der Waals surface area (Å²) in [6.45, 7) is 0.0967. The number of nitrogens with one attached hydrogen (secondary N) is 2. The maximum Gasteiger partial charge on any atom is 0.259 e. The molecule has 4 N–H and O–H groups in total. The third-order valence-corrected chi connectivity index (χ3v) is 11.4. The SMILES string of the molecule is Cl.N[C@H]1CCCCC/C=C\[C@@H]2C[C@@]2(C(=O)NS(=O)(=O)C2CC2)NC(=O)[C@@H]2C[C@@H](Oc3nc4ncccc4c4ccccc34)CN2C1=O. The van der Waals surface area contributed by atoms with Gasteiger partial charge in [-0.15, -0.1) is 12.4 Å². The second-order valence-electron chi connectivity index (χ2n) is 12.9. The second-order valence-corrected chi connectivity index (χ2v) is 14.9. The molecule has 0 unspecified atom stereocenters. The number of pyridine rings is 2. The summed E-state index contributed by atoms with van der Waals surface area (Å²) >= 11 is 0. The quantitative estimate of drug-likeness (QED) is 0.270. The number of halogens is 1. The third-order valence-electron chi connectivity index (χ3n) is 9.60. The summed E-state index contributed by atoms with van der Waals surface area (Å²) < 4.78 is 34.0. The molecule has 3 fully saturated rings. The van der Waals surface area contributed by atoms with E-state index in [-0.39, 0.29) is 43.6 Å². The first-order chi connectivity index (χ1) is 22.2. The summed E-state index contributed by atoms with van der Waals surface area (Å²) in [5, 5.41) is 4.87. The average molecular weight is 683 g/mol. The summed E-state index contributed by atoms with van der Waals surface area (Å²) in [6, 6.07) is 9.71. The van der Waals surface area contributed by atoms with Crippen LogP contribution >= 0.6 is 12.4 Å². The molecule has 0 bridgehead atoms. The van der Waals surface area contributed by atoms with Crippen LogP contribution in [0.15, 0.2) is 54.7 Å². The van der Waals surface area contributed by atoms with Crippen molar-refractivity contribution in [2.24, 2.45) is 11.7 Å². The molecule has 4 heterocycles. The van der Waals surface area contributed by atoms with Crippen molar-refractivity contribution in [3.63, 3.8) is 0 Å². The highest BCUT2D eigenvalue weighted by atomic mass is 35.5. The molecule has 2 aromatic heterocycles. The van der Waals surface area contributed by atoms with Crippen LogP contribution in [-0.2, 0) is 24.4 Å². The first kappa shape index (κ1) is 33.1. The Bertz CT molecular complexity index is 1850. The van der Waals surface area contributed by atoms with Gasteiger partial charge in [0, 0.05) is 29.3 Å². The third kappa shape index (κ3) is 6.53. The zero-order valence-electron chi connectivity index (χ0n) is 25.8. The van der Waals surface area contributed by atoms with E-state index in [2.05, 4.69) is 20.0 Å². The van der Waals surface area contributed by atoms with Gasteiger partial charge >= 0.3 is 0 Å². The van der Waals surface area contributed by atoms with Gasteiger partial charge in [-0.2, -0.15) is 4.98 Å². The van der Waals surface area contributed by atoms with Crippen LogP contribution < -0.4 is 20.5 Å². The van der Waals surface area contributed by atoms with Crippen molar-refractivity contribution >= 4 is 62.0 Å². The van der Waals surface area contributed by atoms with Gasteiger partial charge in [-0.3, -0.25) is 19.1 Å². The number of hydrogen-bond acceptors (Lipinski definition) is 9. The molecule has 2 aliphatic heterocycles. The monoisotopic (exact) mass is 682 g/mol. The predicted octanol–water partition coefficient (Wildman–Crippen LogP) is 2.88. The van der Waals surface area contributed by atoms with Crippen molar-refractivity contribution in [1.29, 1.82) is 0 Å². The number of carbonyl (C=O) groups excluding carboxylic acids is 3. The molecule has 12 nitrogen and oxygen atoms in total. The number of benzene rings is 1. The van der Waals surface area contributed by atoms with E-state index < -0.39 is 50.8 Å². The zero-order valence-corrected chi connectivity index (χ0v) is 27.5. The van der Waals surface area contributed by atoms with Crippen molar-refractivity contribution in [3.8, 4) is 5.88 Å². The number of nitrogens with zero attached hydrogens (tertiary/aromatic N) is 3. The van der Waals surface area contributed by atoms with Crippen LogP contribution in [0.3, 0.4) is 0 Å². The largest absolute Gasteiger partial charge is 0.472 e. The fraction of sp³-hybridized carbons (Fsp3) is 0.485. The minimum Gasteiger partial charge on any atom is -0.472 e. The highest BCUT2D eigenvalue weighted by molar-refractivity contribution is 7.91. The molecule has 4 aliphatic rings. The maximum atomic E-state index is 14.0. The number of sulfonamides is 1. The van der Waals surface area contributed by atoms with E-state index in [4.69, 9.17) is 10.5 Å². The Hall–Kier alpha value is -3.81. The first-order valence-corrected chi connectivity index (χ1v) is 17.6. The number of nitrogens with two attached hydrogens (primary N) is 1. The van der Waals surface area contributed by atoms with Crippen LogP contribution in [0.5, 0.6) is 5.88 Å². The minimum absolute atomic E-state index is 0. The maximum absolute atomic E-state index is 14.0. The standard InChI is InChI=1S/C33H38N6O6S.ClH/c34-26-13-5-3-1-2-4-9-20-18-33(20,32(42)38-46(43,44)22-14-15-22)37-29(40)27-17-21(19-39(27)31(26)41)45-30-25-11-7-6-10-23(25)24-12-8-16-35-28(24)36-30;/h4,6-12,16,20-22,26-27H,1-3,5,13-15,17-19,34H2,(H,37,40)(H,38,42);1H/b9-4-;/t20-,21-,26+,27+,33-;/m1./s1. The van der Waals surface area contributed by atoms with Crippen molar-refractivity contribution in [1.82, 2.24) is 24.9 Å². The van der Waals surface area contributed by atoms with Gasteiger partial charge in [0.05, 0.1) is 17.8 Å². The lowest BCUT2D eigenvalue weighted by molar-refractivity contribution is -0.140. The molecule has 250 valence electrons. The Balaban J connectivity index is 0.00000386. The number of allylic oxidation sites excluding steroid dienone is 1. The van der Waals surface area contributed by atoms with E-state index >= 15 is 0 Å². The molecular weight excluding hydrogens is 644 g/mol. The van der Waals surface area contributed by atoms with Gasteiger partial charge in [0.25, 0.3) is 5.91 Å². The summed E-state index contributed by atoms with van der Waals surface area (Å²) in [6.07, 6.45) is 10.1. The second kappa shape index (κ2) is 13.0. The topological polar surface area (TPSA) is 174 Å². The van der Waals surface area contributed by atoms with Gasteiger partial charge < -0.3 is 20.7 Å². The van der Waals surface area contributed by atoms with Gasteiger partial charge in [-0.1, -0.05) is 43.2 Å². The van der Waals surface area contributed by atoms with Crippen LogP contribution in [0.1, 0.15) is 57.8 Å².